The van der Waals surface area contributed by atoms with E-state index in [9.17, 15) is 9.59 Å². The Balaban J connectivity index is 1.83. The Bertz CT molecular complexity index is 457. The van der Waals surface area contributed by atoms with E-state index in [0.29, 0.717) is 12.8 Å². The second-order valence-corrected chi connectivity index (χ2v) is 5.69. The fourth-order valence-electron chi connectivity index (χ4n) is 2.49. The van der Waals surface area contributed by atoms with Gasteiger partial charge in [0.15, 0.2) is 12.1 Å². The molecule has 3 aliphatic rings. The molecule has 9 heteroatoms. The van der Waals surface area contributed by atoms with Crippen LogP contribution in [0.3, 0.4) is 0 Å². The summed E-state index contributed by atoms with van der Waals surface area (Å²) < 4.78 is 5.58. The number of guanidine groups is 1. The van der Waals surface area contributed by atoms with Crippen molar-refractivity contribution >= 4 is 28.9 Å². The molecule has 2 saturated heterocycles. The summed E-state index contributed by atoms with van der Waals surface area (Å²) in [6.07, 6.45) is -0.0280. The molecule has 3 heterocycles. The van der Waals surface area contributed by atoms with Crippen molar-refractivity contribution in [3.63, 3.8) is 0 Å². The highest BCUT2D eigenvalue weighted by Crippen LogP contribution is 2.38. The van der Waals surface area contributed by atoms with Gasteiger partial charge in [0.05, 0.1) is 12.7 Å². The Hall–Kier alpha value is -1.32. The van der Waals surface area contributed by atoms with Crippen LogP contribution in [0.1, 0.15) is 12.8 Å². The van der Waals surface area contributed by atoms with E-state index in [1.54, 1.807) is 0 Å². The van der Waals surface area contributed by atoms with E-state index in [1.165, 1.54) is 4.90 Å². The summed E-state index contributed by atoms with van der Waals surface area (Å²) in [5, 5.41) is 10.6. The van der Waals surface area contributed by atoms with Gasteiger partial charge < -0.3 is 15.6 Å². The first kappa shape index (κ1) is 12.7. The molecule has 104 valence electrons. The summed E-state index contributed by atoms with van der Waals surface area (Å²) in [5.74, 6) is -0.293. The first-order valence-corrected chi connectivity index (χ1v) is 6.87. The van der Waals surface area contributed by atoms with Gasteiger partial charge in [-0.1, -0.05) is 0 Å². The van der Waals surface area contributed by atoms with Gasteiger partial charge >= 0.3 is 0 Å². The van der Waals surface area contributed by atoms with Crippen LogP contribution in [0.15, 0.2) is 4.99 Å². The molecule has 2 fully saturated rings. The fraction of sp³-hybridized carbons (Fsp3) is 0.700. The number of aliphatic hydroxyl groups is 1. The molecular weight excluding hydrogens is 272 g/mol. The van der Waals surface area contributed by atoms with Gasteiger partial charge in [0.2, 0.25) is 5.91 Å². The first-order chi connectivity index (χ1) is 9.10. The first-order valence-electron chi connectivity index (χ1n) is 5.99. The molecule has 2 unspecified atom stereocenters. The minimum absolute atomic E-state index is 0.0169. The van der Waals surface area contributed by atoms with Gasteiger partial charge in [-0.2, -0.15) is 0 Å². The Labute approximate surface area is 113 Å². The van der Waals surface area contributed by atoms with Gasteiger partial charge in [-0.05, 0) is 24.6 Å². The molecule has 19 heavy (non-hydrogen) atoms. The van der Waals surface area contributed by atoms with E-state index in [2.05, 4.69) is 10.3 Å². The molecule has 0 spiro atoms. The molecule has 8 nitrogen and oxygen atoms in total. The quantitative estimate of drug-likeness (QED) is 0.586. The van der Waals surface area contributed by atoms with Crippen LogP contribution in [0.5, 0.6) is 0 Å². The minimum Gasteiger partial charge on any atom is -0.394 e. The summed E-state index contributed by atoms with van der Waals surface area (Å²) in [4.78, 5) is 29.4. The topological polar surface area (TPSA) is 117 Å². The van der Waals surface area contributed by atoms with E-state index in [4.69, 9.17) is 15.6 Å². The average Bonchev–Trinajstić information content (AvgIpc) is 2.93. The van der Waals surface area contributed by atoms with Crippen LogP contribution >= 0.6 is 11.8 Å². The summed E-state index contributed by atoms with van der Waals surface area (Å²) >= 11 is 0.933. The molecule has 3 rings (SSSR count). The lowest BCUT2D eigenvalue weighted by molar-refractivity contribution is -0.121. The number of thioether (sulfide) groups is 1. The van der Waals surface area contributed by atoms with Crippen molar-refractivity contribution in [3.05, 3.63) is 0 Å². The number of aliphatic imine (C=N–C) groups is 1. The van der Waals surface area contributed by atoms with Crippen molar-refractivity contribution in [1.29, 1.82) is 0 Å². The third kappa shape index (κ3) is 2.07. The van der Waals surface area contributed by atoms with Crippen LogP contribution in [-0.4, -0.2) is 57.5 Å². The monoisotopic (exact) mass is 286 g/mol. The number of nitrogens with zero attached hydrogens (tertiary/aromatic N) is 2. The van der Waals surface area contributed by atoms with Gasteiger partial charge in [-0.25, -0.2) is 4.99 Å². The Morgan fingerprint density at radius 3 is 3.00 bits per heavy atom. The van der Waals surface area contributed by atoms with Crippen molar-refractivity contribution in [3.8, 4) is 0 Å². The van der Waals surface area contributed by atoms with Crippen LogP contribution in [0.25, 0.3) is 0 Å². The zero-order valence-corrected chi connectivity index (χ0v) is 10.8. The highest BCUT2D eigenvalue weighted by Gasteiger charge is 2.51. The number of aliphatic hydroxyl groups excluding tert-OH is 1. The number of hydrogen-bond acceptors (Lipinski definition) is 7. The Kier molecular flexibility index (Phi) is 3.11. The molecule has 0 saturated carbocycles. The average molecular weight is 286 g/mol. The SMILES string of the molecule is NC1=NC2C(SC(=O)N2[C@H]2CC[C@@H](CO)O2)C(=O)N1. The lowest BCUT2D eigenvalue weighted by Gasteiger charge is -2.30. The van der Waals surface area contributed by atoms with E-state index < -0.39 is 17.6 Å². The molecule has 0 radical (unpaired) electrons. The predicted octanol–water partition coefficient (Wildman–Crippen LogP) is -1.21. The lowest BCUT2D eigenvalue weighted by Crippen LogP contribution is -2.54. The molecule has 0 aromatic heterocycles. The number of carbonyl (C=O) groups excluding carboxylic acids is 2. The zero-order chi connectivity index (χ0) is 13.6. The number of rotatable bonds is 2. The molecule has 0 bridgehead atoms. The van der Waals surface area contributed by atoms with Crippen molar-refractivity contribution in [1.82, 2.24) is 10.2 Å². The highest BCUT2D eigenvalue weighted by atomic mass is 32.2. The van der Waals surface area contributed by atoms with Crippen molar-refractivity contribution in [2.75, 3.05) is 6.61 Å². The van der Waals surface area contributed by atoms with E-state index in [-0.39, 0.29) is 29.8 Å². The molecule has 4 N–H and O–H groups in total. The molecule has 4 atom stereocenters. The number of fused-ring (bicyclic) bond motifs is 1. The van der Waals surface area contributed by atoms with Crippen LogP contribution in [0.2, 0.25) is 0 Å². The van der Waals surface area contributed by atoms with Gasteiger partial charge in [-0.15, -0.1) is 0 Å². The van der Waals surface area contributed by atoms with Crippen molar-refractivity contribution in [2.45, 2.75) is 36.6 Å². The molecule has 0 aromatic rings. The molecule has 0 aromatic carbocycles. The van der Waals surface area contributed by atoms with Crippen LogP contribution in [0, 0.1) is 0 Å². The van der Waals surface area contributed by atoms with Crippen molar-refractivity contribution in [2.24, 2.45) is 10.7 Å². The lowest BCUT2D eigenvalue weighted by atomic mass is 10.2. The van der Waals surface area contributed by atoms with E-state index in [0.717, 1.165) is 11.8 Å². The fourth-order valence-corrected chi connectivity index (χ4v) is 3.53. The largest absolute Gasteiger partial charge is 0.394 e. The minimum atomic E-state index is -0.617. The maximum absolute atomic E-state index is 12.0. The standard InChI is InChI=1S/C10H14N4O4S/c11-9-12-7-6(8(16)13-9)19-10(17)14(7)5-2-1-4(3-15)18-5/h4-7,15H,1-3H2,(H3,11,12,13,16)/t4-,5+,6?,7?/m0/s1. The second kappa shape index (κ2) is 4.66. The zero-order valence-electron chi connectivity index (χ0n) is 9.98. The number of nitrogens with one attached hydrogen (secondary N) is 1. The second-order valence-electron chi connectivity index (χ2n) is 4.60. The molecule has 3 aliphatic heterocycles. The van der Waals surface area contributed by atoms with Gasteiger partial charge in [-0.3, -0.25) is 19.8 Å². The van der Waals surface area contributed by atoms with E-state index in [1.807, 2.05) is 0 Å². The Morgan fingerprint density at radius 1 is 1.53 bits per heavy atom. The number of ether oxygens (including phenoxy) is 1. The summed E-state index contributed by atoms with van der Waals surface area (Å²) in [5.41, 5.74) is 5.53. The smallest absolute Gasteiger partial charge is 0.286 e. The summed E-state index contributed by atoms with van der Waals surface area (Å²) in [6, 6.07) is 0. The highest BCUT2D eigenvalue weighted by molar-refractivity contribution is 8.15. The van der Waals surface area contributed by atoms with Gasteiger partial charge in [0.1, 0.15) is 11.5 Å². The maximum atomic E-state index is 12.0. The molecule has 0 aliphatic carbocycles. The van der Waals surface area contributed by atoms with Gasteiger partial charge in [0.25, 0.3) is 5.24 Å². The third-order valence-electron chi connectivity index (χ3n) is 3.37. The summed E-state index contributed by atoms with van der Waals surface area (Å²) in [6.45, 7) is -0.0777. The van der Waals surface area contributed by atoms with Crippen LogP contribution < -0.4 is 11.1 Å². The van der Waals surface area contributed by atoms with Crippen LogP contribution in [-0.2, 0) is 9.53 Å². The number of nitrogens with two attached hydrogens (primary N) is 1. The molecule has 2 amide bonds. The maximum Gasteiger partial charge on any atom is 0.286 e. The van der Waals surface area contributed by atoms with Crippen LogP contribution in [0.4, 0.5) is 4.79 Å². The summed E-state index contributed by atoms with van der Waals surface area (Å²) in [7, 11) is 0. The van der Waals surface area contributed by atoms with Crippen molar-refractivity contribution < 1.29 is 19.4 Å². The number of amides is 2. The van der Waals surface area contributed by atoms with Gasteiger partial charge in [0, 0.05) is 0 Å². The molecular formula is C10H14N4O4S. The number of carbonyl (C=O) groups is 2. The number of hydrogen-bond donors (Lipinski definition) is 3. The normalized spacial score (nSPS) is 38.2. The Morgan fingerprint density at radius 2 is 2.32 bits per heavy atom. The third-order valence-corrected chi connectivity index (χ3v) is 4.50. The predicted molar refractivity (Wildman–Crippen MR) is 67.1 cm³/mol. The van der Waals surface area contributed by atoms with E-state index >= 15 is 0 Å².